The van der Waals surface area contributed by atoms with Crippen molar-refractivity contribution in [2.75, 3.05) is 6.61 Å². The fourth-order valence-corrected chi connectivity index (χ4v) is 2.49. The molecule has 1 aromatic heterocycles. The van der Waals surface area contributed by atoms with Crippen LogP contribution in [-0.4, -0.2) is 29.1 Å². The lowest BCUT2D eigenvalue weighted by molar-refractivity contribution is -0.182. The Hall–Kier alpha value is -2.18. The zero-order valence-corrected chi connectivity index (χ0v) is 12.0. The van der Waals surface area contributed by atoms with Gasteiger partial charge in [0, 0.05) is 6.61 Å². The molecule has 1 aliphatic rings. The number of rotatable bonds is 5. The minimum absolute atomic E-state index is 0.00432. The van der Waals surface area contributed by atoms with Gasteiger partial charge >= 0.3 is 5.97 Å². The molecular weight excluding hydrogens is 286 g/mol. The van der Waals surface area contributed by atoms with Crippen LogP contribution >= 0.6 is 0 Å². The number of hydrogen-bond donors (Lipinski definition) is 1. The molecule has 2 heterocycles. The molecule has 6 heteroatoms. The fraction of sp³-hybridized carbons (Fsp3) is 0.375. The Morgan fingerprint density at radius 2 is 2.14 bits per heavy atom. The van der Waals surface area contributed by atoms with Gasteiger partial charge in [0.15, 0.2) is 6.29 Å². The summed E-state index contributed by atoms with van der Waals surface area (Å²) < 4.78 is 16.5. The van der Waals surface area contributed by atoms with Gasteiger partial charge in [0.1, 0.15) is 23.6 Å². The second-order valence-corrected chi connectivity index (χ2v) is 5.14. The lowest BCUT2D eigenvalue weighted by atomic mass is 10.0. The van der Waals surface area contributed by atoms with E-state index in [1.807, 2.05) is 30.3 Å². The molecule has 6 nitrogen and oxygen atoms in total. The molecule has 1 aromatic carbocycles. The summed E-state index contributed by atoms with van der Waals surface area (Å²) in [5, 5.41) is 13.1. The molecular formula is C16H17NO5. The van der Waals surface area contributed by atoms with E-state index in [0.29, 0.717) is 6.61 Å². The van der Waals surface area contributed by atoms with E-state index in [0.717, 1.165) is 31.1 Å². The number of carboxylic acid groups (broad SMARTS) is 1. The number of benzene rings is 1. The molecule has 0 radical (unpaired) electrons. The number of aromatic nitrogens is 1. The minimum atomic E-state index is -1.09. The summed E-state index contributed by atoms with van der Waals surface area (Å²) in [6.45, 7) is 0.650. The van der Waals surface area contributed by atoms with Crippen molar-refractivity contribution in [2.45, 2.75) is 31.7 Å². The summed E-state index contributed by atoms with van der Waals surface area (Å²) in [4.78, 5) is 11.3. The maximum Gasteiger partial charge on any atom is 0.341 e. The number of hydrogen-bond acceptors (Lipinski definition) is 5. The predicted molar refractivity (Wildman–Crippen MR) is 76.4 cm³/mol. The van der Waals surface area contributed by atoms with E-state index in [1.54, 1.807) is 0 Å². The standard InChI is InChI=1S/C16H17NO5/c18-16(19)12-10-21-17-14(12)15(11-6-2-1-3-7-11)22-13-8-4-5-9-20-13/h1-3,6-7,10,13,15H,4-5,8-9H2,(H,18,19)/t13-,15+/m1/s1. The zero-order chi connectivity index (χ0) is 15.4. The number of carboxylic acids is 1. The van der Waals surface area contributed by atoms with Gasteiger partial charge in [-0.3, -0.25) is 0 Å². The van der Waals surface area contributed by atoms with Gasteiger partial charge in [-0.2, -0.15) is 0 Å². The maximum absolute atomic E-state index is 11.3. The molecule has 0 amide bonds. The molecule has 22 heavy (non-hydrogen) atoms. The van der Waals surface area contributed by atoms with E-state index >= 15 is 0 Å². The van der Waals surface area contributed by atoms with Crippen molar-refractivity contribution in [1.82, 2.24) is 5.16 Å². The minimum Gasteiger partial charge on any atom is -0.478 e. The summed E-state index contributed by atoms with van der Waals surface area (Å²) in [7, 11) is 0. The summed E-state index contributed by atoms with van der Waals surface area (Å²) in [5.41, 5.74) is 1.07. The van der Waals surface area contributed by atoms with Gasteiger partial charge in [0.25, 0.3) is 0 Å². The Balaban J connectivity index is 1.92. The van der Waals surface area contributed by atoms with Crippen molar-refractivity contribution in [3.8, 4) is 0 Å². The first-order valence-electron chi connectivity index (χ1n) is 7.25. The molecule has 0 unspecified atom stereocenters. The highest BCUT2D eigenvalue weighted by molar-refractivity contribution is 5.88. The molecule has 1 N–H and O–H groups in total. The highest BCUT2D eigenvalue weighted by Gasteiger charge is 2.29. The molecule has 1 fully saturated rings. The lowest BCUT2D eigenvalue weighted by Gasteiger charge is -2.27. The smallest absolute Gasteiger partial charge is 0.341 e. The van der Waals surface area contributed by atoms with E-state index in [1.165, 1.54) is 0 Å². The third-order valence-corrected chi connectivity index (χ3v) is 3.60. The topological polar surface area (TPSA) is 81.8 Å². The zero-order valence-electron chi connectivity index (χ0n) is 12.0. The van der Waals surface area contributed by atoms with Crippen LogP contribution in [0.25, 0.3) is 0 Å². The molecule has 3 rings (SSSR count). The Labute approximate surface area is 127 Å². The molecule has 0 bridgehead atoms. The Morgan fingerprint density at radius 1 is 1.32 bits per heavy atom. The van der Waals surface area contributed by atoms with Crippen LogP contribution in [0.3, 0.4) is 0 Å². The van der Waals surface area contributed by atoms with Gasteiger partial charge < -0.3 is 19.1 Å². The summed E-state index contributed by atoms with van der Waals surface area (Å²) >= 11 is 0. The molecule has 1 aliphatic heterocycles. The van der Waals surface area contributed by atoms with Crippen molar-refractivity contribution in [3.05, 3.63) is 53.4 Å². The van der Waals surface area contributed by atoms with Crippen LogP contribution < -0.4 is 0 Å². The highest BCUT2D eigenvalue weighted by Crippen LogP contribution is 2.31. The van der Waals surface area contributed by atoms with Crippen LogP contribution in [-0.2, 0) is 9.47 Å². The van der Waals surface area contributed by atoms with Crippen LogP contribution in [0, 0.1) is 0 Å². The number of nitrogens with zero attached hydrogens (tertiary/aromatic N) is 1. The molecule has 2 aromatic rings. The first-order chi connectivity index (χ1) is 10.8. The second-order valence-electron chi connectivity index (χ2n) is 5.14. The van der Waals surface area contributed by atoms with E-state index in [-0.39, 0.29) is 17.5 Å². The SMILES string of the molecule is O=C(O)c1conc1[C@@H](O[C@@H]1CCCCO1)c1ccccc1. The normalized spacial score (nSPS) is 19.7. The molecule has 0 aliphatic carbocycles. The predicted octanol–water partition coefficient (Wildman–Crippen LogP) is 3.01. The van der Waals surface area contributed by atoms with E-state index in [4.69, 9.17) is 14.0 Å². The highest BCUT2D eigenvalue weighted by atomic mass is 16.7. The average Bonchev–Trinajstić information content (AvgIpc) is 3.04. The average molecular weight is 303 g/mol. The van der Waals surface area contributed by atoms with Gasteiger partial charge in [-0.25, -0.2) is 4.79 Å². The van der Waals surface area contributed by atoms with Crippen LogP contribution in [0.4, 0.5) is 0 Å². The molecule has 2 atom stereocenters. The van der Waals surface area contributed by atoms with E-state index < -0.39 is 12.1 Å². The first-order valence-corrected chi connectivity index (χ1v) is 7.25. The molecule has 0 saturated carbocycles. The van der Waals surface area contributed by atoms with E-state index in [9.17, 15) is 9.90 Å². The molecule has 0 spiro atoms. The summed E-state index contributed by atoms with van der Waals surface area (Å²) in [6.07, 6.45) is 2.95. The number of ether oxygens (including phenoxy) is 2. The van der Waals surface area contributed by atoms with Gasteiger partial charge in [-0.15, -0.1) is 0 Å². The monoisotopic (exact) mass is 303 g/mol. The third-order valence-electron chi connectivity index (χ3n) is 3.60. The van der Waals surface area contributed by atoms with Crippen molar-refractivity contribution in [3.63, 3.8) is 0 Å². The molecule has 116 valence electrons. The maximum atomic E-state index is 11.3. The quantitative estimate of drug-likeness (QED) is 0.914. The van der Waals surface area contributed by atoms with Gasteiger partial charge in [0.05, 0.1) is 0 Å². The van der Waals surface area contributed by atoms with Crippen molar-refractivity contribution >= 4 is 5.97 Å². The molecule has 1 saturated heterocycles. The van der Waals surface area contributed by atoms with Crippen LogP contribution in [0.15, 0.2) is 41.1 Å². The van der Waals surface area contributed by atoms with Crippen LogP contribution in [0.5, 0.6) is 0 Å². The third kappa shape index (κ3) is 3.18. The van der Waals surface area contributed by atoms with Gasteiger partial charge in [0.2, 0.25) is 0 Å². The Bertz CT molecular complexity index is 618. The van der Waals surface area contributed by atoms with E-state index in [2.05, 4.69) is 5.16 Å². The van der Waals surface area contributed by atoms with Gasteiger partial charge in [-0.1, -0.05) is 35.5 Å². The fourth-order valence-electron chi connectivity index (χ4n) is 2.49. The van der Waals surface area contributed by atoms with Crippen molar-refractivity contribution < 1.29 is 23.9 Å². The second kappa shape index (κ2) is 6.72. The lowest BCUT2D eigenvalue weighted by Crippen LogP contribution is -2.25. The first kappa shape index (κ1) is 14.7. The Morgan fingerprint density at radius 3 is 2.82 bits per heavy atom. The van der Waals surface area contributed by atoms with Crippen molar-refractivity contribution in [1.29, 1.82) is 0 Å². The number of aromatic carboxylic acids is 1. The van der Waals surface area contributed by atoms with Gasteiger partial charge in [-0.05, 0) is 24.8 Å². The van der Waals surface area contributed by atoms with Crippen molar-refractivity contribution in [2.24, 2.45) is 0 Å². The van der Waals surface area contributed by atoms with Crippen LogP contribution in [0.2, 0.25) is 0 Å². The largest absolute Gasteiger partial charge is 0.478 e. The van der Waals surface area contributed by atoms with Crippen LogP contribution in [0.1, 0.15) is 47.0 Å². The Kier molecular flexibility index (Phi) is 4.50. The summed E-state index contributed by atoms with van der Waals surface area (Å²) in [6, 6.07) is 9.36. The number of carbonyl (C=O) groups is 1. The summed E-state index contributed by atoms with van der Waals surface area (Å²) in [5.74, 6) is -1.09.